The first kappa shape index (κ1) is 11.5. The summed E-state index contributed by atoms with van der Waals surface area (Å²) in [5.41, 5.74) is 7.54. The van der Waals surface area contributed by atoms with Gasteiger partial charge >= 0.3 is 0 Å². The van der Waals surface area contributed by atoms with Gasteiger partial charge in [-0.05, 0) is 43.6 Å². The van der Waals surface area contributed by atoms with Crippen molar-refractivity contribution in [2.45, 2.75) is 25.7 Å². The Labute approximate surface area is 108 Å². The third-order valence-electron chi connectivity index (χ3n) is 3.78. The van der Waals surface area contributed by atoms with E-state index >= 15 is 0 Å². The predicted octanol–water partition coefficient (Wildman–Crippen LogP) is 1.99. The van der Waals surface area contributed by atoms with E-state index in [1.165, 1.54) is 25.7 Å². The van der Waals surface area contributed by atoms with Crippen molar-refractivity contribution in [1.82, 2.24) is 4.98 Å². The maximum atomic E-state index is 7.69. The molecule has 96 valence electrons. The zero-order valence-electron chi connectivity index (χ0n) is 10.6. The molecule has 1 heterocycles. The number of amidine groups is 1. The molecule has 1 aromatic heterocycles. The van der Waals surface area contributed by atoms with E-state index in [9.17, 15) is 0 Å². The fourth-order valence-corrected chi connectivity index (χ4v) is 2.36. The second-order valence-electron chi connectivity index (χ2n) is 5.60. The molecule has 0 bridgehead atoms. The van der Waals surface area contributed by atoms with E-state index in [-0.39, 0.29) is 5.84 Å². The minimum absolute atomic E-state index is 0.143. The Bertz CT molecular complexity index is 435. The van der Waals surface area contributed by atoms with Crippen molar-refractivity contribution in [2.24, 2.45) is 17.6 Å². The van der Waals surface area contributed by atoms with Crippen molar-refractivity contribution >= 4 is 11.5 Å². The molecule has 0 amide bonds. The molecule has 2 aliphatic rings. The number of nitrogen functional groups attached to an aromatic ring is 1. The monoisotopic (exact) mass is 244 g/mol. The molecule has 3 N–H and O–H groups in total. The number of rotatable bonds is 6. The maximum Gasteiger partial charge on any atom is 0.125 e. The molecule has 0 aromatic carbocycles. The Morgan fingerprint density at radius 2 is 1.89 bits per heavy atom. The molecule has 3 rings (SSSR count). The van der Waals surface area contributed by atoms with Crippen LogP contribution in [0.1, 0.15) is 31.2 Å². The molecule has 0 atom stereocenters. The van der Waals surface area contributed by atoms with E-state index in [1.807, 2.05) is 12.3 Å². The quantitative estimate of drug-likeness (QED) is 0.594. The molecular formula is C14H20N4. The smallest absolute Gasteiger partial charge is 0.125 e. The van der Waals surface area contributed by atoms with Gasteiger partial charge in [0.25, 0.3) is 0 Å². The first-order valence-corrected chi connectivity index (χ1v) is 6.77. The van der Waals surface area contributed by atoms with Gasteiger partial charge in [0.1, 0.15) is 5.84 Å². The lowest BCUT2D eigenvalue weighted by atomic mass is 10.1. The van der Waals surface area contributed by atoms with E-state index in [2.05, 4.69) is 9.88 Å². The normalized spacial score (nSPS) is 18.7. The summed E-state index contributed by atoms with van der Waals surface area (Å²) in [6, 6.07) is 1.85. The number of hydrogen-bond donors (Lipinski definition) is 2. The van der Waals surface area contributed by atoms with Gasteiger partial charge in [0.05, 0.1) is 11.9 Å². The van der Waals surface area contributed by atoms with Crippen LogP contribution in [0.3, 0.4) is 0 Å². The topological polar surface area (TPSA) is 66.0 Å². The fourth-order valence-electron chi connectivity index (χ4n) is 2.36. The fraction of sp³-hybridized carbons (Fsp3) is 0.571. The van der Waals surface area contributed by atoms with Crippen molar-refractivity contribution < 1.29 is 0 Å². The van der Waals surface area contributed by atoms with Crippen LogP contribution in [0.2, 0.25) is 0 Å². The largest absolute Gasteiger partial charge is 0.384 e. The molecule has 2 aliphatic carbocycles. The van der Waals surface area contributed by atoms with Gasteiger partial charge in [-0.3, -0.25) is 10.4 Å². The highest BCUT2D eigenvalue weighted by atomic mass is 15.1. The zero-order valence-corrected chi connectivity index (χ0v) is 10.6. The van der Waals surface area contributed by atoms with Crippen LogP contribution >= 0.6 is 0 Å². The average molecular weight is 244 g/mol. The Hall–Kier alpha value is -1.58. The van der Waals surface area contributed by atoms with Gasteiger partial charge in [0.2, 0.25) is 0 Å². The zero-order chi connectivity index (χ0) is 12.5. The summed E-state index contributed by atoms with van der Waals surface area (Å²) in [4.78, 5) is 6.61. The van der Waals surface area contributed by atoms with Gasteiger partial charge in [0, 0.05) is 24.8 Å². The van der Waals surface area contributed by atoms with Crippen molar-refractivity contribution in [1.29, 1.82) is 5.41 Å². The SMILES string of the molecule is N=C(N)c1ccncc1N(CC1CC1)CC1CC1. The average Bonchev–Trinajstić information content (AvgIpc) is 3.23. The molecule has 0 spiro atoms. The summed E-state index contributed by atoms with van der Waals surface area (Å²) < 4.78 is 0. The van der Waals surface area contributed by atoms with E-state index in [4.69, 9.17) is 11.1 Å². The van der Waals surface area contributed by atoms with E-state index in [0.29, 0.717) is 0 Å². The molecule has 18 heavy (non-hydrogen) atoms. The molecule has 0 radical (unpaired) electrons. The van der Waals surface area contributed by atoms with Crippen LogP contribution < -0.4 is 10.6 Å². The van der Waals surface area contributed by atoms with Gasteiger partial charge in [-0.1, -0.05) is 0 Å². The lowest BCUT2D eigenvalue weighted by molar-refractivity contribution is 0.678. The number of nitrogens with two attached hydrogens (primary N) is 1. The summed E-state index contributed by atoms with van der Waals surface area (Å²) in [5.74, 6) is 1.82. The summed E-state index contributed by atoms with van der Waals surface area (Å²) in [6.45, 7) is 2.20. The summed E-state index contributed by atoms with van der Waals surface area (Å²) in [5, 5.41) is 7.69. The second kappa shape index (κ2) is 4.59. The predicted molar refractivity (Wildman–Crippen MR) is 72.9 cm³/mol. The summed E-state index contributed by atoms with van der Waals surface area (Å²) in [6.07, 6.45) is 8.95. The van der Waals surface area contributed by atoms with E-state index in [0.717, 1.165) is 36.2 Å². The molecule has 0 unspecified atom stereocenters. The maximum absolute atomic E-state index is 7.69. The lowest BCUT2D eigenvalue weighted by Crippen LogP contribution is -2.30. The van der Waals surface area contributed by atoms with E-state index < -0.39 is 0 Å². The molecule has 1 aromatic rings. The van der Waals surface area contributed by atoms with Gasteiger partial charge in [0.15, 0.2) is 0 Å². The second-order valence-corrected chi connectivity index (χ2v) is 5.60. The Morgan fingerprint density at radius 1 is 1.28 bits per heavy atom. The highest BCUT2D eigenvalue weighted by Gasteiger charge is 2.30. The highest BCUT2D eigenvalue weighted by molar-refractivity contribution is 6.00. The lowest BCUT2D eigenvalue weighted by Gasteiger charge is -2.26. The highest BCUT2D eigenvalue weighted by Crippen LogP contribution is 2.36. The van der Waals surface area contributed by atoms with Crippen LogP contribution in [-0.2, 0) is 0 Å². The molecule has 4 nitrogen and oxygen atoms in total. The van der Waals surface area contributed by atoms with Gasteiger partial charge in [-0.15, -0.1) is 0 Å². The number of aromatic nitrogens is 1. The number of hydrogen-bond acceptors (Lipinski definition) is 3. The van der Waals surface area contributed by atoms with Gasteiger partial charge in [-0.25, -0.2) is 0 Å². The minimum Gasteiger partial charge on any atom is -0.384 e. The van der Waals surface area contributed by atoms with Gasteiger partial charge < -0.3 is 10.6 Å². The standard InChI is InChI=1S/C14H20N4/c15-14(16)12-5-6-17-7-13(12)18(8-10-1-2-10)9-11-3-4-11/h5-7,10-11H,1-4,8-9H2,(H3,15,16). The van der Waals surface area contributed by atoms with Crippen molar-refractivity contribution in [3.63, 3.8) is 0 Å². The first-order valence-electron chi connectivity index (χ1n) is 6.77. The van der Waals surface area contributed by atoms with E-state index in [1.54, 1.807) is 6.20 Å². The summed E-state index contributed by atoms with van der Waals surface area (Å²) in [7, 11) is 0. The Kier molecular flexibility index (Phi) is 2.94. The first-order chi connectivity index (χ1) is 8.74. The van der Waals surface area contributed by atoms with Crippen LogP contribution in [0.25, 0.3) is 0 Å². The Balaban J connectivity index is 1.84. The summed E-state index contributed by atoms with van der Waals surface area (Å²) >= 11 is 0. The van der Waals surface area contributed by atoms with Crippen LogP contribution in [0.15, 0.2) is 18.5 Å². The number of nitrogens with one attached hydrogen (secondary N) is 1. The van der Waals surface area contributed by atoms with Crippen LogP contribution in [0, 0.1) is 17.2 Å². The molecule has 0 saturated heterocycles. The molecule has 2 saturated carbocycles. The third-order valence-corrected chi connectivity index (χ3v) is 3.78. The minimum atomic E-state index is 0.143. The molecular weight excluding hydrogens is 224 g/mol. The number of pyridine rings is 1. The van der Waals surface area contributed by atoms with Crippen LogP contribution in [0.5, 0.6) is 0 Å². The van der Waals surface area contributed by atoms with Crippen LogP contribution in [0.4, 0.5) is 5.69 Å². The molecule has 4 heteroatoms. The van der Waals surface area contributed by atoms with Gasteiger partial charge in [-0.2, -0.15) is 0 Å². The molecule has 2 fully saturated rings. The van der Waals surface area contributed by atoms with Crippen molar-refractivity contribution in [3.8, 4) is 0 Å². The number of nitrogens with zero attached hydrogens (tertiary/aromatic N) is 2. The van der Waals surface area contributed by atoms with Crippen molar-refractivity contribution in [2.75, 3.05) is 18.0 Å². The number of anilines is 1. The Morgan fingerprint density at radius 3 is 2.39 bits per heavy atom. The van der Waals surface area contributed by atoms with Crippen LogP contribution in [-0.4, -0.2) is 23.9 Å². The molecule has 0 aliphatic heterocycles. The van der Waals surface area contributed by atoms with Crippen molar-refractivity contribution in [3.05, 3.63) is 24.0 Å². The third kappa shape index (κ3) is 2.63.